The quantitative estimate of drug-likeness (QED) is 0.221. The average molecular weight is 535 g/mol. The summed E-state index contributed by atoms with van der Waals surface area (Å²) in [6.45, 7) is 3.50. The minimum atomic E-state index is -3.47. The summed E-state index contributed by atoms with van der Waals surface area (Å²) in [5.74, 6) is -0.879. The van der Waals surface area contributed by atoms with Crippen molar-refractivity contribution in [2.45, 2.75) is 13.8 Å². The Bertz CT molecular complexity index is 1830. The number of benzene rings is 2. The van der Waals surface area contributed by atoms with Gasteiger partial charge in [-0.1, -0.05) is 12.1 Å². The molecule has 3 aromatic heterocycles. The minimum absolute atomic E-state index is 0.0153. The standard InChI is InChI=1S/C26H23FN6O4S/c1-13-8-15-9-21(31-20(15)10-19(13)33-38(3,35)36)25(34)17-12-30-32-24(17)16-11-29-26(23(28)14(16)2)37-22-7-5-4-6-18(22)27/h4-12,31,33H,28H2,1-3H3,(H,30,32). The highest BCUT2D eigenvalue weighted by Gasteiger charge is 2.23. The predicted octanol–water partition coefficient (Wildman–Crippen LogP) is 4.69. The SMILES string of the molecule is Cc1cc2cc(C(=O)c3c[nH]nc3-c3cnc(Oc4ccccc4F)c(N)c3C)[nH]c2cc1NS(C)(=O)=O. The summed E-state index contributed by atoms with van der Waals surface area (Å²) in [5, 5.41) is 7.72. The maximum Gasteiger partial charge on any atom is 0.243 e. The third-order valence-electron chi connectivity index (χ3n) is 6.04. The van der Waals surface area contributed by atoms with E-state index in [1.54, 1.807) is 44.2 Å². The van der Waals surface area contributed by atoms with Gasteiger partial charge in [0.25, 0.3) is 0 Å². The summed E-state index contributed by atoms with van der Waals surface area (Å²) in [4.78, 5) is 20.8. The number of ketones is 1. The van der Waals surface area contributed by atoms with Crippen LogP contribution >= 0.6 is 0 Å². The lowest BCUT2D eigenvalue weighted by atomic mass is 10.0. The number of hydrogen-bond acceptors (Lipinski definition) is 7. The molecule has 0 fully saturated rings. The summed E-state index contributed by atoms with van der Waals surface area (Å²) in [5.41, 5.74) is 10.1. The molecule has 0 atom stereocenters. The highest BCUT2D eigenvalue weighted by atomic mass is 32.2. The van der Waals surface area contributed by atoms with Crippen molar-refractivity contribution in [3.05, 3.63) is 83.1 Å². The normalized spacial score (nSPS) is 11.6. The van der Waals surface area contributed by atoms with Gasteiger partial charge in [0.05, 0.1) is 28.9 Å². The number of nitrogens with one attached hydrogen (secondary N) is 3. The fourth-order valence-corrected chi connectivity index (χ4v) is 4.71. The molecule has 0 aliphatic heterocycles. The number of anilines is 2. The van der Waals surface area contributed by atoms with Gasteiger partial charge < -0.3 is 15.5 Å². The second kappa shape index (κ2) is 9.30. The summed E-state index contributed by atoms with van der Waals surface area (Å²) in [6, 6.07) is 11.0. The van der Waals surface area contributed by atoms with Crippen LogP contribution in [0, 0.1) is 19.7 Å². The predicted molar refractivity (Wildman–Crippen MR) is 142 cm³/mol. The van der Waals surface area contributed by atoms with Gasteiger partial charge in [-0.05, 0) is 55.3 Å². The largest absolute Gasteiger partial charge is 0.434 e. The van der Waals surface area contributed by atoms with Crippen molar-refractivity contribution in [1.82, 2.24) is 20.2 Å². The molecule has 0 aliphatic rings. The zero-order chi connectivity index (χ0) is 27.2. The molecule has 0 spiro atoms. The third-order valence-corrected chi connectivity index (χ3v) is 6.63. The molecule has 0 saturated carbocycles. The Hall–Kier alpha value is -4.71. The number of nitrogen functional groups attached to an aromatic ring is 1. The van der Waals surface area contributed by atoms with Crippen molar-refractivity contribution < 1.29 is 22.3 Å². The fraction of sp³-hybridized carbons (Fsp3) is 0.115. The van der Waals surface area contributed by atoms with Gasteiger partial charge in [-0.3, -0.25) is 14.6 Å². The number of ether oxygens (including phenoxy) is 1. The molecule has 3 heterocycles. The number of carbonyl (C=O) groups excluding carboxylic acids is 1. The van der Waals surface area contributed by atoms with Crippen LogP contribution < -0.4 is 15.2 Å². The van der Waals surface area contributed by atoms with Gasteiger partial charge >= 0.3 is 0 Å². The zero-order valence-electron chi connectivity index (χ0n) is 20.6. The van der Waals surface area contributed by atoms with Crippen molar-refractivity contribution in [3.63, 3.8) is 0 Å². The third kappa shape index (κ3) is 4.68. The number of H-pyrrole nitrogens is 2. The lowest BCUT2D eigenvalue weighted by molar-refractivity contribution is 0.103. The van der Waals surface area contributed by atoms with E-state index in [9.17, 15) is 17.6 Å². The number of nitrogens with zero attached hydrogens (tertiary/aromatic N) is 2. The molecule has 0 amide bonds. The van der Waals surface area contributed by atoms with E-state index in [2.05, 4.69) is 24.9 Å². The van der Waals surface area contributed by atoms with Crippen LogP contribution in [0.2, 0.25) is 0 Å². The van der Waals surface area contributed by atoms with E-state index in [0.717, 1.165) is 11.6 Å². The van der Waals surface area contributed by atoms with E-state index < -0.39 is 15.8 Å². The Balaban J connectivity index is 1.49. The maximum atomic E-state index is 14.0. The number of pyridine rings is 1. The number of sulfonamides is 1. The van der Waals surface area contributed by atoms with Crippen molar-refractivity contribution in [3.8, 4) is 22.9 Å². The van der Waals surface area contributed by atoms with Gasteiger partial charge in [0, 0.05) is 28.9 Å². The monoisotopic (exact) mass is 534 g/mol. The lowest BCUT2D eigenvalue weighted by Crippen LogP contribution is -2.10. The Labute approximate surface area is 217 Å². The number of aryl methyl sites for hydroxylation is 1. The maximum absolute atomic E-state index is 14.0. The number of para-hydroxylation sites is 1. The van der Waals surface area contributed by atoms with Gasteiger partial charge in [0.15, 0.2) is 11.6 Å². The van der Waals surface area contributed by atoms with Crippen LogP contribution in [0.4, 0.5) is 15.8 Å². The molecule has 38 heavy (non-hydrogen) atoms. The smallest absolute Gasteiger partial charge is 0.243 e. The Morgan fingerprint density at radius 3 is 2.66 bits per heavy atom. The first-order valence-corrected chi connectivity index (χ1v) is 13.3. The lowest BCUT2D eigenvalue weighted by Gasteiger charge is -2.13. The topological polar surface area (TPSA) is 156 Å². The Morgan fingerprint density at radius 2 is 1.92 bits per heavy atom. The number of carbonyl (C=O) groups is 1. The molecule has 0 aliphatic carbocycles. The minimum Gasteiger partial charge on any atom is -0.434 e. The van der Waals surface area contributed by atoms with E-state index in [1.165, 1.54) is 24.5 Å². The molecule has 0 unspecified atom stereocenters. The van der Waals surface area contributed by atoms with Crippen LogP contribution in [-0.4, -0.2) is 40.6 Å². The number of nitrogens with two attached hydrogens (primary N) is 1. The zero-order valence-corrected chi connectivity index (χ0v) is 21.4. The number of fused-ring (bicyclic) bond motifs is 1. The van der Waals surface area contributed by atoms with Crippen LogP contribution in [0.3, 0.4) is 0 Å². The van der Waals surface area contributed by atoms with E-state index in [-0.39, 0.29) is 34.4 Å². The number of aromatic nitrogens is 4. The van der Waals surface area contributed by atoms with Crippen LogP contribution in [0.25, 0.3) is 22.2 Å². The van der Waals surface area contributed by atoms with Crippen LogP contribution in [-0.2, 0) is 10.0 Å². The van der Waals surface area contributed by atoms with Gasteiger partial charge in [-0.2, -0.15) is 5.10 Å². The number of aromatic amines is 2. The van der Waals surface area contributed by atoms with E-state index in [1.807, 2.05) is 0 Å². The molecular formula is C26H23FN6O4S. The molecular weight excluding hydrogens is 511 g/mol. The summed E-state index contributed by atoms with van der Waals surface area (Å²) in [6.07, 6.45) is 4.01. The summed E-state index contributed by atoms with van der Waals surface area (Å²) >= 11 is 0. The molecule has 0 saturated heterocycles. The molecule has 194 valence electrons. The molecule has 2 aromatic carbocycles. The highest BCUT2D eigenvalue weighted by Crippen LogP contribution is 2.35. The second-order valence-electron chi connectivity index (χ2n) is 8.84. The summed E-state index contributed by atoms with van der Waals surface area (Å²) < 4.78 is 45.4. The van der Waals surface area contributed by atoms with E-state index >= 15 is 0 Å². The first-order chi connectivity index (χ1) is 18.0. The number of rotatable bonds is 7. The van der Waals surface area contributed by atoms with Gasteiger partial charge in [0.2, 0.25) is 21.7 Å². The van der Waals surface area contributed by atoms with Crippen molar-refractivity contribution in [1.29, 1.82) is 0 Å². The Kier molecular flexibility index (Phi) is 6.11. The molecule has 10 nitrogen and oxygen atoms in total. The van der Waals surface area contributed by atoms with Crippen molar-refractivity contribution in [2.24, 2.45) is 0 Å². The first-order valence-electron chi connectivity index (χ1n) is 11.4. The van der Waals surface area contributed by atoms with Crippen LogP contribution in [0.15, 0.2) is 54.9 Å². The molecule has 5 rings (SSSR count). The molecule has 5 N–H and O–H groups in total. The van der Waals surface area contributed by atoms with Crippen LogP contribution in [0.1, 0.15) is 27.2 Å². The first kappa shape index (κ1) is 25.0. The molecule has 0 radical (unpaired) electrons. The van der Waals surface area contributed by atoms with E-state index in [4.69, 9.17) is 10.5 Å². The van der Waals surface area contributed by atoms with Gasteiger partial charge in [-0.15, -0.1) is 0 Å². The Morgan fingerprint density at radius 1 is 1.16 bits per heavy atom. The van der Waals surface area contributed by atoms with Gasteiger partial charge in [0.1, 0.15) is 5.69 Å². The van der Waals surface area contributed by atoms with Crippen molar-refractivity contribution >= 4 is 38.1 Å². The summed E-state index contributed by atoms with van der Waals surface area (Å²) in [7, 11) is -3.47. The molecule has 5 aromatic rings. The molecule has 0 bridgehead atoms. The average Bonchev–Trinajstić information content (AvgIpc) is 3.49. The number of halogens is 1. The highest BCUT2D eigenvalue weighted by molar-refractivity contribution is 7.92. The van der Waals surface area contributed by atoms with E-state index in [0.29, 0.717) is 33.6 Å². The second-order valence-corrected chi connectivity index (χ2v) is 10.6. The fourth-order valence-electron chi connectivity index (χ4n) is 4.09. The molecule has 12 heteroatoms. The van der Waals surface area contributed by atoms with Gasteiger partial charge in [-0.25, -0.2) is 17.8 Å². The van der Waals surface area contributed by atoms with Crippen LogP contribution in [0.5, 0.6) is 11.6 Å². The van der Waals surface area contributed by atoms with Crippen molar-refractivity contribution in [2.75, 3.05) is 16.7 Å². The number of hydrogen-bond donors (Lipinski definition) is 4.